The molecule has 1 amide bonds. The van der Waals surface area contributed by atoms with Gasteiger partial charge in [-0.1, -0.05) is 53.8 Å². The summed E-state index contributed by atoms with van der Waals surface area (Å²) < 4.78 is 11.8. The van der Waals surface area contributed by atoms with Gasteiger partial charge in [0.1, 0.15) is 33.2 Å². The fraction of sp³-hybridized carbons (Fsp3) is 0.148. The molecular formula is C27H24N4O3S. The number of ether oxygens (including phenoxy) is 2. The molecule has 8 heteroatoms. The summed E-state index contributed by atoms with van der Waals surface area (Å²) in [6.45, 7) is 0. The van der Waals surface area contributed by atoms with E-state index in [1.54, 1.807) is 25.2 Å². The first-order chi connectivity index (χ1) is 17.0. The predicted molar refractivity (Wildman–Crippen MR) is 142 cm³/mol. The fourth-order valence-corrected chi connectivity index (χ4v) is 4.95. The summed E-state index contributed by atoms with van der Waals surface area (Å²) in [7, 11) is 7.19. The average Bonchev–Trinajstić information content (AvgIpc) is 3.46. The molecule has 7 nitrogen and oxygen atoms in total. The fourth-order valence-electron chi connectivity index (χ4n) is 3.87. The summed E-state index contributed by atoms with van der Waals surface area (Å²) in [5, 5.41) is 0.502. The lowest BCUT2D eigenvalue weighted by molar-refractivity contribution is -0.113. The number of carbonyl (C=O) groups is 1. The molecule has 0 N–H and O–H groups in total. The van der Waals surface area contributed by atoms with E-state index in [0.29, 0.717) is 33.7 Å². The zero-order valence-corrected chi connectivity index (χ0v) is 20.7. The van der Waals surface area contributed by atoms with E-state index < -0.39 is 0 Å². The van der Waals surface area contributed by atoms with Crippen LogP contribution in [0, 0.1) is 0 Å². The lowest BCUT2D eigenvalue weighted by Gasteiger charge is -2.14. The molecule has 0 saturated heterocycles. The molecule has 0 unspecified atom stereocenters. The van der Waals surface area contributed by atoms with Gasteiger partial charge in [-0.05, 0) is 35.9 Å². The molecule has 1 aliphatic rings. The standard InChI is InChI=1S/C27H24N4O3S/c1-30(2)19-12-10-17(11-13-19)16-20-26(32)31(25(28-20)18-8-6-5-7-9-18)27-29-23-21(33-3)14-15-22(34-4)24(23)35-27/h5-16H,1-4H3/b20-16-. The van der Waals surface area contributed by atoms with Gasteiger partial charge in [0.05, 0.1) is 14.2 Å². The van der Waals surface area contributed by atoms with Crippen LogP contribution in [0.5, 0.6) is 11.5 Å². The second-order valence-electron chi connectivity index (χ2n) is 8.10. The minimum Gasteiger partial charge on any atom is -0.495 e. The van der Waals surface area contributed by atoms with Crippen LogP contribution in [-0.2, 0) is 4.79 Å². The van der Waals surface area contributed by atoms with Gasteiger partial charge in [-0.3, -0.25) is 4.79 Å². The van der Waals surface area contributed by atoms with E-state index in [4.69, 9.17) is 19.5 Å². The number of fused-ring (bicyclic) bond motifs is 1. The molecule has 3 aromatic carbocycles. The summed E-state index contributed by atoms with van der Waals surface area (Å²) in [4.78, 5) is 26.8. The minimum atomic E-state index is -0.238. The first-order valence-electron chi connectivity index (χ1n) is 11.0. The number of amides is 1. The molecule has 5 rings (SSSR count). The average molecular weight is 485 g/mol. The highest BCUT2D eigenvalue weighted by Gasteiger charge is 2.35. The van der Waals surface area contributed by atoms with Crippen molar-refractivity contribution >= 4 is 50.2 Å². The van der Waals surface area contributed by atoms with Crippen LogP contribution in [0.1, 0.15) is 11.1 Å². The number of nitrogens with zero attached hydrogens (tertiary/aromatic N) is 4. The molecule has 0 saturated carbocycles. The first-order valence-corrected chi connectivity index (χ1v) is 11.8. The molecule has 0 spiro atoms. The van der Waals surface area contributed by atoms with Gasteiger partial charge in [0.15, 0.2) is 5.13 Å². The van der Waals surface area contributed by atoms with Gasteiger partial charge in [0, 0.05) is 25.3 Å². The summed E-state index contributed by atoms with van der Waals surface area (Å²) in [5.74, 6) is 1.58. The van der Waals surface area contributed by atoms with E-state index in [0.717, 1.165) is 21.5 Å². The number of thiazole rings is 1. The van der Waals surface area contributed by atoms with Crippen LogP contribution >= 0.6 is 11.3 Å². The topological polar surface area (TPSA) is 67.3 Å². The van der Waals surface area contributed by atoms with Crippen molar-refractivity contribution in [3.05, 3.63) is 83.6 Å². The maximum absolute atomic E-state index is 13.7. The van der Waals surface area contributed by atoms with Gasteiger partial charge >= 0.3 is 0 Å². The number of benzene rings is 3. The van der Waals surface area contributed by atoms with Crippen molar-refractivity contribution in [2.45, 2.75) is 0 Å². The maximum atomic E-state index is 13.7. The van der Waals surface area contributed by atoms with Gasteiger partial charge in [-0.15, -0.1) is 0 Å². The Morgan fingerprint density at radius 3 is 2.26 bits per heavy atom. The molecular weight excluding hydrogens is 460 g/mol. The smallest absolute Gasteiger partial charge is 0.284 e. The van der Waals surface area contributed by atoms with Crippen LogP contribution in [0.25, 0.3) is 16.3 Å². The van der Waals surface area contributed by atoms with Crippen molar-refractivity contribution in [2.24, 2.45) is 4.99 Å². The summed E-state index contributed by atoms with van der Waals surface area (Å²) in [5.41, 5.74) is 3.79. The number of amidine groups is 1. The third-order valence-electron chi connectivity index (χ3n) is 5.70. The Morgan fingerprint density at radius 1 is 0.914 bits per heavy atom. The second-order valence-corrected chi connectivity index (χ2v) is 9.08. The molecule has 0 atom stereocenters. The number of rotatable bonds is 6. The van der Waals surface area contributed by atoms with Crippen molar-refractivity contribution in [1.29, 1.82) is 0 Å². The number of carbonyl (C=O) groups excluding carboxylic acids is 1. The van der Waals surface area contributed by atoms with Crippen LogP contribution in [0.2, 0.25) is 0 Å². The van der Waals surface area contributed by atoms with E-state index in [-0.39, 0.29) is 5.91 Å². The molecule has 0 aliphatic carbocycles. The molecule has 2 heterocycles. The van der Waals surface area contributed by atoms with Gasteiger partial charge in [-0.2, -0.15) is 0 Å². The Bertz CT molecular complexity index is 1420. The molecule has 0 radical (unpaired) electrons. The van der Waals surface area contributed by atoms with Crippen molar-refractivity contribution in [3.63, 3.8) is 0 Å². The molecule has 1 aromatic heterocycles. The second kappa shape index (κ2) is 9.23. The van der Waals surface area contributed by atoms with E-state index in [1.165, 1.54) is 11.3 Å². The van der Waals surface area contributed by atoms with Gasteiger partial charge in [-0.25, -0.2) is 14.9 Å². The minimum absolute atomic E-state index is 0.238. The monoisotopic (exact) mass is 484 g/mol. The highest BCUT2D eigenvalue weighted by molar-refractivity contribution is 7.23. The van der Waals surface area contributed by atoms with Crippen LogP contribution < -0.4 is 19.3 Å². The van der Waals surface area contributed by atoms with Crippen LogP contribution in [0.3, 0.4) is 0 Å². The summed E-state index contributed by atoms with van der Waals surface area (Å²) in [6.07, 6.45) is 1.80. The Labute approximate surface area is 207 Å². The van der Waals surface area contributed by atoms with E-state index in [2.05, 4.69) is 0 Å². The number of anilines is 2. The molecule has 176 valence electrons. The maximum Gasteiger partial charge on any atom is 0.284 e. The number of hydrogen-bond acceptors (Lipinski definition) is 7. The third-order valence-corrected chi connectivity index (χ3v) is 6.75. The lowest BCUT2D eigenvalue weighted by Crippen LogP contribution is -2.32. The zero-order chi connectivity index (χ0) is 24.5. The van der Waals surface area contributed by atoms with Crippen LogP contribution in [-0.4, -0.2) is 45.0 Å². The predicted octanol–water partition coefficient (Wildman–Crippen LogP) is 5.21. The van der Waals surface area contributed by atoms with Crippen molar-refractivity contribution in [3.8, 4) is 11.5 Å². The van der Waals surface area contributed by atoms with Crippen molar-refractivity contribution < 1.29 is 14.3 Å². The largest absolute Gasteiger partial charge is 0.495 e. The molecule has 0 bridgehead atoms. The molecule has 4 aromatic rings. The lowest BCUT2D eigenvalue weighted by atomic mass is 10.1. The van der Waals surface area contributed by atoms with Crippen LogP contribution in [0.15, 0.2) is 77.4 Å². The highest BCUT2D eigenvalue weighted by atomic mass is 32.1. The number of aromatic nitrogens is 1. The normalized spacial score (nSPS) is 14.5. The summed E-state index contributed by atoms with van der Waals surface area (Å²) >= 11 is 1.37. The highest BCUT2D eigenvalue weighted by Crippen LogP contribution is 2.41. The Balaban J connectivity index is 1.62. The Morgan fingerprint density at radius 2 is 1.60 bits per heavy atom. The SMILES string of the molecule is COc1ccc(OC)c2sc(N3C(=O)/C(=C/c4ccc(N(C)C)cc4)N=C3c3ccccc3)nc12. The van der Waals surface area contributed by atoms with Gasteiger partial charge in [0.2, 0.25) is 0 Å². The van der Waals surface area contributed by atoms with E-state index in [9.17, 15) is 4.79 Å². The van der Waals surface area contributed by atoms with E-state index >= 15 is 0 Å². The quantitative estimate of drug-likeness (QED) is 0.351. The number of methoxy groups -OCH3 is 2. The third kappa shape index (κ3) is 4.13. The van der Waals surface area contributed by atoms with Gasteiger partial charge < -0.3 is 14.4 Å². The van der Waals surface area contributed by atoms with E-state index in [1.807, 2.05) is 85.7 Å². The zero-order valence-electron chi connectivity index (χ0n) is 19.9. The summed E-state index contributed by atoms with van der Waals surface area (Å²) in [6, 6.07) is 21.3. The molecule has 1 aliphatic heterocycles. The Hall–Kier alpha value is -4.17. The van der Waals surface area contributed by atoms with Crippen LogP contribution in [0.4, 0.5) is 10.8 Å². The van der Waals surface area contributed by atoms with Crippen molar-refractivity contribution in [2.75, 3.05) is 38.1 Å². The molecule has 0 fully saturated rings. The number of hydrogen-bond donors (Lipinski definition) is 0. The molecule has 35 heavy (non-hydrogen) atoms. The first kappa shape index (κ1) is 22.6. The Kier molecular flexibility index (Phi) is 5.96. The van der Waals surface area contributed by atoms with Gasteiger partial charge in [0.25, 0.3) is 5.91 Å². The van der Waals surface area contributed by atoms with Crippen molar-refractivity contribution in [1.82, 2.24) is 4.98 Å². The number of aliphatic imine (C=N–C) groups is 1.